The highest BCUT2D eigenvalue weighted by molar-refractivity contribution is 7.10. The summed E-state index contributed by atoms with van der Waals surface area (Å²) in [5.74, 6) is -0.108. The van der Waals surface area contributed by atoms with Crippen LogP contribution in [0.15, 0.2) is 47.9 Å². The van der Waals surface area contributed by atoms with Crippen molar-refractivity contribution in [3.8, 4) is 0 Å². The molecule has 1 aromatic carbocycles. The summed E-state index contributed by atoms with van der Waals surface area (Å²) in [5.41, 5.74) is 0.907. The third-order valence-corrected chi connectivity index (χ3v) is 4.45. The van der Waals surface area contributed by atoms with Gasteiger partial charge in [-0.2, -0.15) is 0 Å². The highest BCUT2D eigenvalue weighted by Crippen LogP contribution is 2.22. The third kappa shape index (κ3) is 4.98. The number of nitrogens with one attached hydrogen (secondary N) is 1. The number of carbonyl (C=O) groups excluding carboxylic acids is 1. The Morgan fingerprint density at radius 3 is 2.82 bits per heavy atom. The summed E-state index contributed by atoms with van der Waals surface area (Å²) in [4.78, 5) is 15.3. The Bertz CT molecular complexity index is 638. The molecule has 0 aliphatic carbocycles. The van der Waals surface area contributed by atoms with Gasteiger partial charge in [-0.05, 0) is 49.3 Å². The first-order valence-corrected chi connectivity index (χ1v) is 8.23. The zero-order chi connectivity index (χ0) is 15.9. The first-order chi connectivity index (χ1) is 10.6. The van der Waals surface area contributed by atoms with E-state index in [2.05, 4.69) is 16.3 Å². The molecule has 0 fully saturated rings. The molecule has 0 aliphatic heterocycles. The number of thiophene rings is 1. The van der Waals surface area contributed by atoms with Gasteiger partial charge in [-0.25, -0.2) is 0 Å². The average Bonchev–Trinajstić information content (AvgIpc) is 2.99. The molecule has 1 amide bonds. The smallest absolute Gasteiger partial charge is 0.244 e. The standard InChI is InChI=1S/C17H19ClN2OS/c1-20(2)15(16-7-4-10-22-16)12-19-17(21)9-8-13-5-3-6-14(18)11-13/h3-11,15H,12H2,1-2H3,(H,19,21)/b9-8+. The van der Waals surface area contributed by atoms with E-state index in [1.54, 1.807) is 17.4 Å². The molecule has 0 spiro atoms. The molecule has 0 bridgehead atoms. The minimum absolute atomic E-state index is 0.108. The number of hydrogen-bond acceptors (Lipinski definition) is 3. The Hall–Kier alpha value is -1.62. The van der Waals surface area contributed by atoms with E-state index in [1.165, 1.54) is 11.0 Å². The van der Waals surface area contributed by atoms with Crippen LogP contribution in [0.4, 0.5) is 0 Å². The fourth-order valence-corrected chi connectivity index (χ4v) is 3.18. The van der Waals surface area contributed by atoms with Crippen LogP contribution in [0.3, 0.4) is 0 Å². The second-order valence-corrected chi connectivity index (χ2v) is 6.54. The Morgan fingerprint density at radius 1 is 1.36 bits per heavy atom. The Morgan fingerprint density at radius 2 is 2.18 bits per heavy atom. The molecule has 1 aromatic heterocycles. The SMILES string of the molecule is CN(C)C(CNC(=O)/C=C/c1cccc(Cl)c1)c1cccs1. The van der Waals surface area contributed by atoms with E-state index in [0.717, 1.165) is 5.56 Å². The van der Waals surface area contributed by atoms with E-state index in [9.17, 15) is 4.79 Å². The predicted molar refractivity (Wildman–Crippen MR) is 94.2 cm³/mol. The Labute approximate surface area is 140 Å². The number of nitrogens with zero attached hydrogens (tertiary/aromatic N) is 1. The molecular formula is C17H19ClN2OS. The quantitative estimate of drug-likeness (QED) is 0.814. The number of amides is 1. The van der Waals surface area contributed by atoms with Gasteiger partial charge in [0.2, 0.25) is 5.91 Å². The monoisotopic (exact) mass is 334 g/mol. The van der Waals surface area contributed by atoms with Crippen LogP contribution >= 0.6 is 22.9 Å². The van der Waals surface area contributed by atoms with Crippen molar-refractivity contribution in [2.45, 2.75) is 6.04 Å². The molecular weight excluding hydrogens is 316 g/mol. The molecule has 1 N–H and O–H groups in total. The lowest BCUT2D eigenvalue weighted by atomic mass is 10.2. The van der Waals surface area contributed by atoms with Gasteiger partial charge in [-0.3, -0.25) is 4.79 Å². The minimum atomic E-state index is -0.108. The van der Waals surface area contributed by atoms with E-state index < -0.39 is 0 Å². The summed E-state index contributed by atoms with van der Waals surface area (Å²) >= 11 is 7.61. The van der Waals surface area contributed by atoms with Gasteiger partial charge in [0.25, 0.3) is 0 Å². The molecule has 1 unspecified atom stereocenters. The lowest BCUT2D eigenvalue weighted by Crippen LogP contribution is -2.33. The molecule has 0 aliphatic rings. The van der Waals surface area contributed by atoms with Crippen LogP contribution in [0.25, 0.3) is 6.08 Å². The van der Waals surface area contributed by atoms with E-state index >= 15 is 0 Å². The van der Waals surface area contributed by atoms with Crippen LogP contribution in [-0.4, -0.2) is 31.4 Å². The van der Waals surface area contributed by atoms with Crippen molar-refractivity contribution in [3.63, 3.8) is 0 Å². The zero-order valence-electron chi connectivity index (χ0n) is 12.6. The molecule has 1 heterocycles. The third-order valence-electron chi connectivity index (χ3n) is 3.24. The lowest BCUT2D eigenvalue weighted by Gasteiger charge is -2.23. The number of hydrogen-bond donors (Lipinski definition) is 1. The summed E-state index contributed by atoms with van der Waals surface area (Å²) in [6.07, 6.45) is 3.30. The molecule has 2 rings (SSSR count). The van der Waals surface area contributed by atoms with Crippen molar-refractivity contribution in [2.75, 3.05) is 20.6 Å². The largest absolute Gasteiger partial charge is 0.351 e. The molecule has 1 atom stereocenters. The topological polar surface area (TPSA) is 32.3 Å². The molecule has 0 saturated carbocycles. The predicted octanol–water partition coefficient (Wildman–Crippen LogP) is 3.83. The second-order valence-electron chi connectivity index (χ2n) is 5.13. The number of likely N-dealkylation sites (N-methyl/N-ethyl adjacent to an activating group) is 1. The van der Waals surface area contributed by atoms with E-state index in [-0.39, 0.29) is 11.9 Å². The van der Waals surface area contributed by atoms with Gasteiger partial charge in [0.15, 0.2) is 0 Å². The zero-order valence-corrected chi connectivity index (χ0v) is 14.2. The van der Waals surface area contributed by atoms with Crippen LogP contribution in [0.2, 0.25) is 5.02 Å². The van der Waals surface area contributed by atoms with E-state index in [4.69, 9.17) is 11.6 Å². The van der Waals surface area contributed by atoms with Gasteiger partial charge in [0, 0.05) is 22.5 Å². The van der Waals surface area contributed by atoms with Crippen LogP contribution in [0.5, 0.6) is 0 Å². The fraction of sp³-hybridized carbons (Fsp3) is 0.235. The lowest BCUT2D eigenvalue weighted by molar-refractivity contribution is -0.116. The maximum Gasteiger partial charge on any atom is 0.244 e. The van der Waals surface area contributed by atoms with Gasteiger partial charge in [-0.15, -0.1) is 11.3 Å². The van der Waals surface area contributed by atoms with Gasteiger partial charge >= 0.3 is 0 Å². The first kappa shape index (κ1) is 16.7. The second kappa shape index (κ2) is 8.13. The molecule has 2 aromatic rings. The van der Waals surface area contributed by atoms with Gasteiger partial charge < -0.3 is 10.2 Å². The Balaban J connectivity index is 1.91. The molecule has 0 radical (unpaired) electrons. The van der Waals surface area contributed by atoms with Crippen molar-refractivity contribution in [3.05, 3.63) is 63.3 Å². The highest BCUT2D eigenvalue weighted by Gasteiger charge is 2.15. The van der Waals surface area contributed by atoms with E-state index in [1.807, 2.05) is 49.8 Å². The normalized spacial score (nSPS) is 12.7. The average molecular weight is 335 g/mol. The molecule has 0 saturated heterocycles. The highest BCUT2D eigenvalue weighted by atomic mass is 35.5. The summed E-state index contributed by atoms with van der Waals surface area (Å²) in [6.45, 7) is 0.576. The summed E-state index contributed by atoms with van der Waals surface area (Å²) in [7, 11) is 4.02. The number of halogens is 1. The number of carbonyl (C=O) groups is 1. The van der Waals surface area contributed by atoms with Crippen LogP contribution in [0, 0.1) is 0 Å². The van der Waals surface area contributed by atoms with Crippen molar-refractivity contribution < 1.29 is 4.79 Å². The molecule has 5 heteroatoms. The van der Waals surface area contributed by atoms with Gasteiger partial charge in [0.05, 0.1) is 6.04 Å². The van der Waals surface area contributed by atoms with Crippen LogP contribution in [0.1, 0.15) is 16.5 Å². The van der Waals surface area contributed by atoms with Gasteiger partial charge in [0.1, 0.15) is 0 Å². The summed E-state index contributed by atoms with van der Waals surface area (Å²) < 4.78 is 0. The minimum Gasteiger partial charge on any atom is -0.351 e. The van der Waals surface area contributed by atoms with Crippen LogP contribution in [-0.2, 0) is 4.79 Å². The summed E-state index contributed by atoms with van der Waals surface area (Å²) in [6, 6.07) is 11.7. The van der Waals surface area contributed by atoms with Crippen LogP contribution < -0.4 is 5.32 Å². The molecule has 22 heavy (non-hydrogen) atoms. The molecule has 116 valence electrons. The first-order valence-electron chi connectivity index (χ1n) is 6.97. The number of benzene rings is 1. The maximum absolute atomic E-state index is 12.0. The molecule has 3 nitrogen and oxygen atoms in total. The Kier molecular flexibility index (Phi) is 6.19. The number of rotatable bonds is 6. The van der Waals surface area contributed by atoms with Crippen molar-refractivity contribution >= 4 is 34.9 Å². The van der Waals surface area contributed by atoms with Crippen molar-refractivity contribution in [1.29, 1.82) is 0 Å². The maximum atomic E-state index is 12.0. The fourth-order valence-electron chi connectivity index (χ4n) is 2.06. The van der Waals surface area contributed by atoms with E-state index in [0.29, 0.717) is 11.6 Å². The van der Waals surface area contributed by atoms with Crippen molar-refractivity contribution in [2.24, 2.45) is 0 Å². The van der Waals surface area contributed by atoms with Gasteiger partial charge in [-0.1, -0.05) is 29.8 Å². The summed E-state index contributed by atoms with van der Waals surface area (Å²) in [5, 5.41) is 5.65. The van der Waals surface area contributed by atoms with Crippen molar-refractivity contribution in [1.82, 2.24) is 10.2 Å².